The molecule has 2 rings (SSSR count). The van der Waals surface area contributed by atoms with E-state index in [1.807, 2.05) is 0 Å². The van der Waals surface area contributed by atoms with E-state index in [-0.39, 0.29) is 30.6 Å². The Morgan fingerprint density at radius 3 is 2.95 bits per heavy atom. The molecule has 1 unspecified atom stereocenters. The first-order valence-corrected chi connectivity index (χ1v) is 6.95. The molecule has 1 amide bonds. The second-order valence-corrected chi connectivity index (χ2v) is 5.07. The Hall–Kier alpha value is -1.90. The van der Waals surface area contributed by atoms with Crippen LogP contribution < -0.4 is 0 Å². The van der Waals surface area contributed by atoms with Crippen LogP contribution >= 0.6 is 0 Å². The van der Waals surface area contributed by atoms with Crippen molar-refractivity contribution in [3.63, 3.8) is 0 Å². The summed E-state index contributed by atoms with van der Waals surface area (Å²) in [5, 5.41) is 17.6. The summed E-state index contributed by atoms with van der Waals surface area (Å²) in [4.78, 5) is 14.0. The molecule has 1 fully saturated rings. The van der Waals surface area contributed by atoms with Crippen molar-refractivity contribution in [2.24, 2.45) is 5.92 Å². The molecule has 0 spiro atoms. The van der Waals surface area contributed by atoms with E-state index in [4.69, 9.17) is 10.2 Å². The van der Waals surface area contributed by atoms with Crippen LogP contribution in [0, 0.1) is 23.6 Å². The maximum Gasteiger partial charge on any atom is 0.256 e. The first-order chi connectivity index (χ1) is 10.2. The van der Waals surface area contributed by atoms with E-state index in [9.17, 15) is 9.18 Å². The summed E-state index contributed by atoms with van der Waals surface area (Å²) in [5.41, 5.74) is 0.504. The highest BCUT2D eigenvalue weighted by Gasteiger charge is 2.28. The highest BCUT2D eigenvalue weighted by atomic mass is 19.1. The van der Waals surface area contributed by atoms with Crippen LogP contribution in [0.4, 0.5) is 4.39 Å². The summed E-state index contributed by atoms with van der Waals surface area (Å²) >= 11 is 0. The van der Waals surface area contributed by atoms with Crippen LogP contribution in [-0.4, -0.2) is 47.3 Å². The Labute approximate surface area is 123 Å². The van der Waals surface area contributed by atoms with E-state index >= 15 is 0 Å². The van der Waals surface area contributed by atoms with Gasteiger partial charge in [0.1, 0.15) is 12.4 Å². The third kappa shape index (κ3) is 3.81. The molecule has 0 bridgehead atoms. The van der Waals surface area contributed by atoms with Gasteiger partial charge in [-0.1, -0.05) is 11.8 Å². The molecule has 5 heteroatoms. The first kappa shape index (κ1) is 15.5. The maximum absolute atomic E-state index is 13.9. The molecule has 1 aliphatic heterocycles. The van der Waals surface area contributed by atoms with E-state index in [0.29, 0.717) is 25.1 Å². The molecule has 0 aromatic heterocycles. The lowest BCUT2D eigenvalue weighted by atomic mass is 10.1. The van der Waals surface area contributed by atoms with Crippen molar-refractivity contribution in [1.82, 2.24) is 4.90 Å². The monoisotopic (exact) mass is 291 g/mol. The Bertz CT molecular complexity index is 577. The van der Waals surface area contributed by atoms with Gasteiger partial charge >= 0.3 is 0 Å². The molecule has 1 aromatic rings. The van der Waals surface area contributed by atoms with E-state index in [2.05, 4.69) is 11.8 Å². The van der Waals surface area contributed by atoms with E-state index in [1.54, 1.807) is 4.90 Å². The van der Waals surface area contributed by atoms with Crippen molar-refractivity contribution in [2.45, 2.75) is 12.8 Å². The molecule has 112 valence electrons. The molecule has 1 heterocycles. The van der Waals surface area contributed by atoms with Crippen molar-refractivity contribution in [1.29, 1.82) is 0 Å². The summed E-state index contributed by atoms with van der Waals surface area (Å²) in [6.45, 7) is 0.948. The number of halogens is 1. The predicted octanol–water partition coefficient (Wildman–Crippen LogP) is 1.01. The number of likely N-dealkylation sites (tertiary alicyclic amines) is 1. The molecule has 4 nitrogen and oxygen atoms in total. The quantitative estimate of drug-likeness (QED) is 0.817. The number of hydrogen-bond acceptors (Lipinski definition) is 3. The van der Waals surface area contributed by atoms with Gasteiger partial charge in [0.15, 0.2) is 0 Å². The number of benzene rings is 1. The second kappa shape index (κ2) is 7.21. The molecule has 0 radical (unpaired) electrons. The first-order valence-electron chi connectivity index (χ1n) is 6.95. The average Bonchev–Trinajstić information content (AvgIpc) is 2.95. The average molecular weight is 291 g/mol. The lowest BCUT2D eigenvalue weighted by molar-refractivity contribution is 0.0780. The fourth-order valence-corrected chi connectivity index (χ4v) is 2.51. The third-order valence-electron chi connectivity index (χ3n) is 3.62. The maximum atomic E-state index is 13.9. The van der Waals surface area contributed by atoms with Crippen LogP contribution in [0.1, 0.15) is 28.8 Å². The number of rotatable bonds is 3. The zero-order valence-corrected chi connectivity index (χ0v) is 11.7. The summed E-state index contributed by atoms with van der Waals surface area (Å²) in [5.74, 6) is 4.50. The highest BCUT2D eigenvalue weighted by Crippen LogP contribution is 2.22. The minimum Gasteiger partial charge on any atom is -0.396 e. The fourth-order valence-electron chi connectivity index (χ4n) is 2.51. The molecule has 0 aliphatic carbocycles. The Morgan fingerprint density at radius 2 is 2.24 bits per heavy atom. The van der Waals surface area contributed by atoms with Crippen molar-refractivity contribution in [2.75, 3.05) is 26.3 Å². The Morgan fingerprint density at radius 1 is 1.43 bits per heavy atom. The van der Waals surface area contributed by atoms with Gasteiger partial charge < -0.3 is 15.1 Å². The van der Waals surface area contributed by atoms with Gasteiger partial charge in [-0.05, 0) is 37.0 Å². The summed E-state index contributed by atoms with van der Waals surface area (Å²) in [6, 6.07) is 4.11. The second-order valence-electron chi connectivity index (χ2n) is 5.07. The van der Waals surface area contributed by atoms with Crippen LogP contribution in [0.5, 0.6) is 0 Å². The van der Waals surface area contributed by atoms with E-state index < -0.39 is 5.82 Å². The number of amides is 1. The van der Waals surface area contributed by atoms with Crippen molar-refractivity contribution in [3.05, 3.63) is 35.1 Å². The van der Waals surface area contributed by atoms with Crippen molar-refractivity contribution >= 4 is 5.91 Å². The van der Waals surface area contributed by atoms with E-state index in [0.717, 1.165) is 6.42 Å². The standard InChI is InChI=1S/C16H18FNO3/c17-15-4-3-12(2-1-8-19)10-14(15)16(21)18-7-5-13(11-18)6-9-20/h3-4,10,13,19-20H,5-9,11H2. The Kier molecular flexibility index (Phi) is 5.32. The predicted molar refractivity (Wildman–Crippen MR) is 76.1 cm³/mol. The van der Waals surface area contributed by atoms with Crippen LogP contribution in [0.25, 0.3) is 0 Å². The van der Waals surface area contributed by atoms with Gasteiger partial charge in [0.2, 0.25) is 0 Å². The van der Waals surface area contributed by atoms with Gasteiger partial charge in [-0.3, -0.25) is 4.79 Å². The third-order valence-corrected chi connectivity index (χ3v) is 3.62. The number of hydrogen-bond donors (Lipinski definition) is 2. The molecule has 1 atom stereocenters. The van der Waals surface area contributed by atoms with Gasteiger partial charge in [0.05, 0.1) is 5.56 Å². The van der Waals surface area contributed by atoms with Gasteiger partial charge in [0, 0.05) is 25.3 Å². The number of aliphatic hydroxyl groups excluding tert-OH is 2. The van der Waals surface area contributed by atoms with Crippen LogP contribution in [0.15, 0.2) is 18.2 Å². The largest absolute Gasteiger partial charge is 0.396 e. The zero-order valence-electron chi connectivity index (χ0n) is 11.7. The van der Waals surface area contributed by atoms with Crippen LogP contribution in [-0.2, 0) is 0 Å². The number of nitrogens with zero attached hydrogens (tertiary/aromatic N) is 1. The van der Waals surface area contributed by atoms with Crippen LogP contribution in [0.2, 0.25) is 0 Å². The highest BCUT2D eigenvalue weighted by molar-refractivity contribution is 5.95. The smallest absolute Gasteiger partial charge is 0.256 e. The lowest BCUT2D eigenvalue weighted by Gasteiger charge is -2.17. The molecule has 21 heavy (non-hydrogen) atoms. The normalized spacial score (nSPS) is 17.5. The minimum atomic E-state index is -0.569. The lowest BCUT2D eigenvalue weighted by Crippen LogP contribution is -2.29. The number of carbonyl (C=O) groups is 1. The van der Waals surface area contributed by atoms with Gasteiger partial charge in [-0.2, -0.15) is 0 Å². The van der Waals surface area contributed by atoms with Gasteiger partial charge in [-0.15, -0.1) is 0 Å². The minimum absolute atomic E-state index is 0.00406. The summed E-state index contributed by atoms with van der Waals surface area (Å²) in [6.07, 6.45) is 1.49. The topological polar surface area (TPSA) is 60.8 Å². The number of carbonyl (C=O) groups excluding carboxylic acids is 1. The summed E-state index contributed by atoms with van der Waals surface area (Å²) in [7, 11) is 0. The van der Waals surface area contributed by atoms with Gasteiger partial charge in [-0.25, -0.2) is 4.39 Å². The molecule has 1 aromatic carbocycles. The molecule has 2 N–H and O–H groups in total. The molecular weight excluding hydrogens is 273 g/mol. The molecule has 0 saturated carbocycles. The van der Waals surface area contributed by atoms with Crippen LogP contribution in [0.3, 0.4) is 0 Å². The van der Waals surface area contributed by atoms with E-state index in [1.165, 1.54) is 18.2 Å². The summed E-state index contributed by atoms with van der Waals surface area (Å²) < 4.78 is 13.9. The van der Waals surface area contributed by atoms with Gasteiger partial charge in [0.25, 0.3) is 5.91 Å². The van der Waals surface area contributed by atoms with Crippen molar-refractivity contribution < 1.29 is 19.4 Å². The zero-order chi connectivity index (χ0) is 15.2. The molecule has 1 saturated heterocycles. The fraction of sp³-hybridized carbons (Fsp3) is 0.438. The molecular formula is C16H18FNO3. The van der Waals surface area contributed by atoms with Crippen molar-refractivity contribution in [3.8, 4) is 11.8 Å². The molecule has 1 aliphatic rings. The SMILES string of the molecule is O=C(c1cc(C#CCO)ccc1F)N1CCC(CCO)C1. The number of aliphatic hydroxyl groups is 2. The Balaban J connectivity index is 2.15.